The largest absolute Gasteiger partial charge is 0.475 e. The van der Waals surface area contributed by atoms with Gasteiger partial charge in [0.2, 0.25) is 5.88 Å². The molecule has 0 bridgehead atoms. The summed E-state index contributed by atoms with van der Waals surface area (Å²) in [6, 6.07) is 3.52. The van der Waals surface area contributed by atoms with Crippen molar-refractivity contribution in [2.75, 3.05) is 12.3 Å². The van der Waals surface area contributed by atoms with Gasteiger partial charge < -0.3 is 10.5 Å². The minimum atomic E-state index is 0.348. The summed E-state index contributed by atoms with van der Waals surface area (Å²) in [4.78, 5) is 0. The lowest BCUT2D eigenvalue weighted by Crippen LogP contribution is -1.95. The van der Waals surface area contributed by atoms with Crippen LogP contribution < -0.4 is 10.5 Å². The van der Waals surface area contributed by atoms with Crippen LogP contribution in [0.4, 0.5) is 5.82 Å². The van der Waals surface area contributed by atoms with Crippen molar-refractivity contribution in [3.63, 3.8) is 0 Å². The van der Waals surface area contributed by atoms with Crippen LogP contribution in [-0.4, -0.2) is 16.8 Å². The first kappa shape index (κ1) is 7.41. The Labute approximate surface area is 63.8 Å². The Hall–Kier alpha value is -1.70. The van der Waals surface area contributed by atoms with Crippen LogP contribution in [0.25, 0.3) is 0 Å². The number of rotatable bonds is 3. The number of aromatic nitrogens is 2. The summed E-state index contributed by atoms with van der Waals surface area (Å²) in [7, 11) is 0. The first-order valence-corrected chi connectivity index (χ1v) is 3.13. The predicted octanol–water partition coefficient (Wildman–Crippen LogP) is 0.284. The lowest BCUT2D eigenvalue weighted by Gasteiger charge is -1.94. The van der Waals surface area contributed by atoms with E-state index in [9.17, 15) is 0 Å². The van der Waals surface area contributed by atoms with E-state index in [1.807, 2.05) is 6.07 Å². The quantitative estimate of drug-likeness (QED) is 0.609. The molecule has 0 radical (unpaired) electrons. The van der Waals surface area contributed by atoms with Crippen molar-refractivity contribution in [3.05, 3.63) is 6.07 Å². The first-order valence-electron chi connectivity index (χ1n) is 3.13. The Morgan fingerprint density at radius 2 is 2.64 bits per heavy atom. The van der Waals surface area contributed by atoms with Crippen LogP contribution in [0.2, 0.25) is 0 Å². The van der Waals surface area contributed by atoms with Gasteiger partial charge in [-0.1, -0.05) is 0 Å². The Bertz CT molecular complexity index is 262. The van der Waals surface area contributed by atoms with E-state index in [0.717, 1.165) is 0 Å². The molecule has 0 spiro atoms. The third-order valence-corrected chi connectivity index (χ3v) is 1.04. The number of aromatic amines is 1. The Morgan fingerprint density at radius 1 is 1.82 bits per heavy atom. The topological polar surface area (TPSA) is 87.7 Å². The molecule has 0 aliphatic rings. The number of anilines is 1. The van der Waals surface area contributed by atoms with Crippen molar-refractivity contribution < 1.29 is 4.74 Å². The number of hydrogen-bond acceptors (Lipinski definition) is 4. The van der Waals surface area contributed by atoms with E-state index in [1.54, 1.807) is 6.07 Å². The second-order valence-corrected chi connectivity index (χ2v) is 1.92. The highest BCUT2D eigenvalue weighted by Gasteiger charge is 1.96. The molecular weight excluding hydrogens is 144 g/mol. The van der Waals surface area contributed by atoms with Gasteiger partial charge in [0.05, 0.1) is 12.5 Å². The normalized spacial score (nSPS) is 9.00. The summed E-state index contributed by atoms with van der Waals surface area (Å²) in [6.07, 6.45) is 0.354. The van der Waals surface area contributed by atoms with Gasteiger partial charge in [-0.3, -0.25) is 5.10 Å². The van der Waals surface area contributed by atoms with Crippen molar-refractivity contribution in [2.45, 2.75) is 6.42 Å². The summed E-state index contributed by atoms with van der Waals surface area (Å²) < 4.78 is 5.02. The van der Waals surface area contributed by atoms with Gasteiger partial charge in [0.15, 0.2) is 0 Å². The van der Waals surface area contributed by atoms with Crippen molar-refractivity contribution in [1.29, 1.82) is 5.26 Å². The molecular formula is C6H8N4O. The molecule has 11 heavy (non-hydrogen) atoms. The number of nitrogens with zero attached hydrogens (tertiary/aromatic N) is 2. The van der Waals surface area contributed by atoms with Crippen LogP contribution in [0.1, 0.15) is 6.42 Å². The molecule has 5 nitrogen and oxygen atoms in total. The zero-order valence-electron chi connectivity index (χ0n) is 5.87. The maximum atomic E-state index is 8.17. The van der Waals surface area contributed by atoms with Gasteiger partial charge in [0, 0.05) is 6.07 Å². The highest BCUT2D eigenvalue weighted by atomic mass is 16.5. The monoisotopic (exact) mass is 152 g/mol. The summed E-state index contributed by atoms with van der Waals surface area (Å²) in [5.74, 6) is 0.884. The number of nitrogens with one attached hydrogen (secondary N) is 1. The first-order chi connectivity index (χ1) is 5.33. The maximum absolute atomic E-state index is 8.17. The molecule has 0 aliphatic heterocycles. The third kappa shape index (κ3) is 2.18. The number of nitrogen functional groups attached to an aromatic ring is 1. The van der Waals surface area contributed by atoms with E-state index in [2.05, 4.69) is 10.2 Å². The number of H-pyrrole nitrogens is 1. The van der Waals surface area contributed by atoms with E-state index in [-0.39, 0.29) is 0 Å². The highest BCUT2D eigenvalue weighted by molar-refractivity contribution is 5.31. The average Bonchev–Trinajstić information content (AvgIpc) is 2.37. The van der Waals surface area contributed by atoms with Crippen LogP contribution in [0.15, 0.2) is 6.07 Å². The van der Waals surface area contributed by atoms with Gasteiger partial charge in [-0.25, -0.2) is 0 Å². The zero-order valence-corrected chi connectivity index (χ0v) is 5.87. The van der Waals surface area contributed by atoms with Gasteiger partial charge in [-0.05, 0) is 0 Å². The van der Waals surface area contributed by atoms with Gasteiger partial charge in [0.25, 0.3) is 0 Å². The molecule has 1 aromatic heterocycles. The van der Waals surface area contributed by atoms with Crippen LogP contribution >= 0.6 is 0 Å². The van der Waals surface area contributed by atoms with E-state index >= 15 is 0 Å². The molecule has 58 valence electrons. The summed E-state index contributed by atoms with van der Waals surface area (Å²) in [5, 5.41) is 14.4. The molecule has 0 saturated heterocycles. The summed E-state index contributed by atoms with van der Waals surface area (Å²) in [5.41, 5.74) is 5.32. The minimum Gasteiger partial charge on any atom is -0.475 e. The molecule has 0 unspecified atom stereocenters. The maximum Gasteiger partial charge on any atom is 0.234 e. The zero-order chi connectivity index (χ0) is 8.10. The Morgan fingerprint density at radius 3 is 3.18 bits per heavy atom. The molecule has 0 atom stereocenters. The Kier molecular flexibility index (Phi) is 2.33. The van der Waals surface area contributed by atoms with Gasteiger partial charge in [-0.2, -0.15) is 5.26 Å². The second kappa shape index (κ2) is 3.46. The van der Waals surface area contributed by atoms with Crippen molar-refractivity contribution >= 4 is 5.82 Å². The standard InChI is InChI=1S/C6H8N4O/c7-2-1-3-11-6-4-5(8)9-10-6/h4H,1,3H2,(H3,8,9,10). The molecule has 1 rings (SSSR count). The fourth-order valence-electron chi connectivity index (χ4n) is 0.592. The van der Waals surface area contributed by atoms with Crippen LogP contribution in [0.5, 0.6) is 5.88 Å². The van der Waals surface area contributed by atoms with Gasteiger partial charge in [-0.15, -0.1) is 5.10 Å². The van der Waals surface area contributed by atoms with Crippen LogP contribution in [0.3, 0.4) is 0 Å². The Balaban J connectivity index is 2.34. The molecule has 3 N–H and O–H groups in total. The molecule has 5 heteroatoms. The van der Waals surface area contributed by atoms with Crippen LogP contribution in [-0.2, 0) is 0 Å². The van der Waals surface area contributed by atoms with Crippen molar-refractivity contribution in [2.24, 2.45) is 0 Å². The van der Waals surface area contributed by atoms with Crippen molar-refractivity contribution in [1.82, 2.24) is 10.2 Å². The summed E-state index contributed by atoms with van der Waals surface area (Å²) in [6.45, 7) is 0.348. The predicted molar refractivity (Wildman–Crippen MR) is 38.7 cm³/mol. The van der Waals surface area contributed by atoms with Gasteiger partial charge >= 0.3 is 0 Å². The molecule has 0 saturated carbocycles. The molecule has 1 heterocycles. The van der Waals surface area contributed by atoms with E-state index < -0.39 is 0 Å². The van der Waals surface area contributed by atoms with E-state index in [0.29, 0.717) is 24.7 Å². The summed E-state index contributed by atoms with van der Waals surface area (Å²) >= 11 is 0. The van der Waals surface area contributed by atoms with Crippen molar-refractivity contribution in [3.8, 4) is 11.9 Å². The number of nitriles is 1. The second-order valence-electron chi connectivity index (χ2n) is 1.92. The van der Waals surface area contributed by atoms with E-state index in [1.165, 1.54) is 0 Å². The fraction of sp³-hybridized carbons (Fsp3) is 0.333. The third-order valence-electron chi connectivity index (χ3n) is 1.04. The molecule has 0 aromatic carbocycles. The molecule has 0 fully saturated rings. The molecule has 0 amide bonds. The van der Waals surface area contributed by atoms with Crippen LogP contribution in [0, 0.1) is 11.3 Å². The van der Waals surface area contributed by atoms with Gasteiger partial charge in [0.1, 0.15) is 12.4 Å². The lowest BCUT2D eigenvalue weighted by atomic mass is 10.5. The van der Waals surface area contributed by atoms with E-state index in [4.69, 9.17) is 15.7 Å². The molecule has 0 aliphatic carbocycles. The minimum absolute atomic E-state index is 0.348. The molecule has 1 aromatic rings. The SMILES string of the molecule is N#CCCOc1cc(N)[nH]n1. The fourth-order valence-corrected chi connectivity index (χ4v) is 0.592. The average molecular weight is 152 g/mol. The number of nitrogens with two attached hydrogens (primary N) is 1. The smallest absolute Gasteiger partial charge is 0.234 e. The number of hydrogen-bond donors (Lipinski definition) is 2. The lowest BCUT2D eigenvalue weighted by molar-refractivity contribution is 0.313. The number of ether oxygens (including phenoxy) is 1. The highest BCUT2D eigenvalue weighted by Crippen LogP contribution is 2.08.